The van der Waals surface area contributed by atoms with Crippen LogP contribution in [0.3, 0.4) is 0 Å². The number of hydrogen-bond donors (Lipinski definition) is 4. The summed E-state index contributed by atoms with van der Waals surface area (Å²) in [6.45, 7) is 1.02. The summed E-state index contributed by atoms with van der Waals surface area (Å²) < 4.78 is 5.71. The van der Waals surface area contributed by atoms with Crippen molar-refractivity contribution >= 4 is 17.7 Å². The zero-order valence-electron chi connectivity index (χ0n) is 13.0. The van der Waals surface area contributed by atoms with Crippen LogP contribution in [0.15, 0.2) is 0 Å². The highest BCUT2D eigenvalue weighted by Crippen LogP contribution is 2.33. The quantitative estimate of drug-likeness (QED) is 0.575. The number of nitrogens with one attached hydrogen (secondary N) is 1. The van der Waals surface area contributed by atoms with Gasteiger partial charge in [-0.2, -0.15) is 0 Å². The van der Waals surface area contributed by atoms with E-state index in [1.165, 1.54) is 39.0 Å². The van der Waals surface area contributed by atoms with E-state index in [-0.39, 0.29) is 12.5 Å². The lowest BCUT2D eigenvalue weighted by molar-refractivity contribution is -0.173. The maximum absolute atomic E-state index is 11.3. The molecule has 2 fully saturated rings. The molecule has 0 radical (unpaired) electrons. The fourth-order valence-corrected chi connectivity index (χ4v) is 4.65. The molecule has 0 bridgehead atoms. The van der Waals surface area contributed by atoms with E-state index in [1.807, 2.05) is 0 Å². The Morgan fingerprint density at radius 3 is 2.50 bits per heavy atom. The Morgan fingerprint density at radius 2 is 1.91 bits per heavy atom. The summed E-state index contributed by atoms with van der Waals surface area (Å²) in [5, 5.41) is 32.1. The average Bonchev–Trinajstić information content (AvgIpc) is 2.52. The minimum Gasteiger partial charge on any atom is -0.394 e. The number of amides is 1. The number of carbonyl (C=O) groups is 1. The standard InChI is InChI=1S/C15H27NO5S/c1-9(18)16-12-14(20)13(19)11(7-17)21-15(12)22-8-10-5-3-2-4-6-10/h10-15,17,19-20H,2-8H2,1H3,(H,16,18)/t11?,12?,13-,14?,15+/m0/s1. The van der Waals surface area contributed by atoms with Gasteiger partial charge in [-0.25, -0.2) is 0 Å². The van der Waals surface area contributed by atoms with Crippen LogP contribution in [0.5, 0.6) is 0 Å². The van der Waals surface area contributed by atoms with E-state index in [0.717, 1.165) is 5.75 Å². The van der Waals surface area contributed by atoms with Crippen molar-refractivity contribution < 1.29 is 24.9 Å². The second-order valence-electron chi connectivity index (χ2n) is 6.27. The molecule has 1 saturated heterocycles. The molecule has 1 aliphatic heterocycles. The normalized spacial score (nSPS) is 37.0. The highest BCUT2D eigenvalue weighted by molar-refractivity contribution is 7.99. The first-order valence-electron chi connectivity index (χ1n) is 8.04. The predicted octanol–water partition coefficient (Wildman–Crippen LogP) is 0.244. The molecule has 128 valence electrons. The molecular formula is C15H27NO5S. The van der Waals surface area contributed by atoms with Crippen molar-refractivity contribution in [2.24, 2.45) is 5.92 Å². The molecule has 4 N–H and O–H groups in total. The number of aliphatic hydroxyl groups excluding tert-OH is 3. The Kier molecular flexibility index (Phi) is 6.95. The summed E-state index contributed by atoms with van der Waals surface area (Å²) in [6.07, 6.45) is 3.07. The molecule has 1 aliphatic carbocycles. The van der Waals surface area contributed by atoms with Gasteiger partial charge in [-0.1, -0.05) is 19.3 Å². The Morgan fingerprint density at radius 1 is 1.23 bits per heavy atom. The maximum atomic E-state index is 11.3. The van der Waals surface area contributed by atoms with E-state index < -0.39 is 29.8 Å². The molecule has 5 atom stereocenters. The van der Waals surface area contributed by atoms with Gasteiger partial charge in [0.25, 0.3) is 0 Å². The van der Waals surface area contributed by atoms with Crippen LogP contribution in [-0.4, -0.2) is 63.4 Å². The number of hydrogen-bond acceptors (Lipinski definition) is 6. The lowest BCUT2D eigenvalue weighted by Crippen LogP contribution is -2.63. The topological polar surface area (TPSA) is 99.0 Å². The molecular weight excluding hydrogens is 306 g/mol. The van der Waals surface area contributed by atoms with Crippen LogP contribution >= 0.6 is 11.8 Å². The van der Waals surface area contributed by atoms with Crippen molar-refractivity contribution in [1.82, 2.24) is 5.32 Å². The SMILES string of the molecule is CC(=O)NC1C(O)[C@@H](O)C(CO)O[C@@H]1SCC1CCCCC1. The van der Waals surface area contributed by atoms with Crippen LogP contribution in [0.4, 0.5) is 0 Å². The summed E-state index contributed by atoms with van der Waals surface area (Å²) in [7, 11) is 0. The van der Waals surface area contributed by atoms with Crippen LogP contribution in [0.2, 0.25) is 0 Å². The Hall–Kier alpha value is -0.340. The van der Waals surface area contributed by atoms with Gasteiger partial charge < -0.3 is 25.4 Å². The van der Waals surface area contributed by atoms with Crippen LogP contribution in [0.25, 0.3) is 0 Å². The summed E-state index contributed by atoms with van der Waals surface area (Å²) >= 11 is 1.56. The maximum Gasteiger partial charge on any atom is 0.217 e. The molecule has 0 spiro atoms. The fraction of sp³-hybridized carbons (Fsp3) is 0.933. The number of carbonyl (C=O) groups excluding carboxylic acids is 1. The van der Waals surface area contributed by atoms with E-state index in [0.29, 0.717) is 5.92 Å². The molecule has 6 nitrogen and oxygen atoms in total. The number of thioether (sulfide) groups is 1. The minimum absolute atomic E-state index is 0.273. The van der Waals surface area contributed by atoms with E-state index >= 15 is 0 Å². The Labute approximate surface area is 135 Å². The van der Waals surface area contributed by atoms with Gasteiger partial charge in [0.2, 0.25) is 5.91 Å². The van der Waals surface area contributed by atoms with Crippen molar-refractivity contribution in [3.05, 3.63) is 0 Å². The van der Waals surface area contributed by atoms with Crippen LogP contribution in [-0.2, 0) is 9.53 Å². The summed E-state index contributed by atoms with van der Waals surface area (Å²) in [4.78, 5) is 11.3. The van der Waals surface area contributed by atoms with Gasteiger partial charge >= 0.3 is 0 Å². The largest absolute Gasteiger partial charge is 0.394 e. The van der Waals surface area contributed by atoms with Gasteiger partial charge in [0, 0.05) is 6.92 Å². The molecule has 0 aromatic heterocycles. The minimum atomic E-state index is -1.20. The lowest BCUT2D eigenvalue weighted by atomic mass is 9.91. The molecule has 7 heteroatoms. The first kappa shape index (κ1) is 18.0. The number of ether oxygens (including phenoxy) is 1. The Bertz CT molecular complexity index is 364. The fourth-order valence-electron chi connectivity index (χ4n) is 3.20. The molecule has 1 heterocycles. The second kappa shape index (κ2) is 8.49. The van der Waals surface area contributed by atoms with Gasteiger partial charge in [0.05, 0.1) is 12.6 Å². The van der Waals surface area contributed by atoms with Crippen molar-refractivity contribution in [3.8, 4) is 0 Å². The van der Waals surface area contributed by atoms with Crippen LogP contribution in [0.1, 0.15) is 39.0 Å². The van der Waals surface area contributed by atoms with E-state index in [2.05, 4.69) is 5.32 Å². The molecule has 2 aliphatic rings. The highest BCUT2D eigenvalue weighted by atomic mass is 32.2. The van der Waals surface area contributed by atoms with Crippen molar-refractivity contribution in [3.63, 3.8) is 0 Å². The van der Waals surface area contributed by atoms with Gasteiger partial charge in [-0.15, -0.1) is 11.8 Å². The third-order valence-electron chi connectivity index (χ3n) is 4.47. The van der Waals surface area contributed by atoms with E-state index in [1.54, 1.807) is 11.8 Å². The molecule has 3 unspecified atom stereocenters. The third-order valence-corrected chi connectivity index (χ3v) is 5.87. The third kappa shape index (κ3) is 4.58. The Balaban J connectivity index is 1.97. The van der Waals surface area contributed by atoms with Gasteiger partial charge in [-0.05, 0) is 24.5 Å². The predicted molar refractivity (Wildman–Crippen MR) is 84.4 cm³/mol. The van der Waals surface area contributed by atoms with Gasteiger partial charge in [-0.3, -0.25) is 4.79 Å². The smallest absolute Gasteiger partial charge is 0.217 e. The highest BCUT2D eigenvalue weighted by Gasteiger charge is 2.44. The number of rotatable bonds is 5. The number of aliphatic hydroxyl groups is 3. The van der Waals surface area contributed by atoms with Crippen molar-refractivity contribution in [1.29, 1.82) is 0 Å². The average molecular weight is 333 g/mol. The van der Waals surface area contributed by atoms with E-state index in [9.17, 15) is 20.1 Å². The second-order valence-corrected chi connectivity index (χ2v) is 7.40. The summed E-state index contributed by atoms with van der Waals surface area (Å²) in [6, 6.07) is -0.663. The molecule has 22 heavy (non-hydrogen) atoms. The summed E-state index contributed by atoms with van der Waals surface area (Å²) in [5.41, 5.74) is -0.457. The summed E-state index contributed by atoms with van der Waals surface area (Å²) in [5.74, 6) is 1.27. The van der Waals surface area contributed by atoms with Gasteiger partial charge in [0.1, 0.15) is 23.7 Å². The molecule has 1 amide bonds. The lowest BCUT2D eigenvalue weighted by Gasteiger charge is -2.42. The van der Waals surface area contributed by atoms with Crippen LogP contribution < -0.4 is 5.32 Å². The zero-order chi connectivity index (χ0) is 16.1. The molecule has 1 saturated carbocycles. The molecule has 2 rings (SSSR count). The van der Waals surface area contributed by atoms with E-state index in [4.69, 9.17) is 4.74 Å². The monoisotopic (exact) mass is 333 g/mol. The zero-order valence-corrected chi connectivity index (χ0v) is 13.8. The molecule has 0 aromatic rings. The van der Waals surface area contributed by atoms with Crippen molar-refractivity contribution in [2.75, 3.05) is 12.4 Å². The molecule has 0 aromatic carbocycles. The van der Waals surface area contributed by atoms with Crippen molar-refractivity contribution in [2.45, 2.75) is 68.8 Å². The first-order chi connectivity index (χ1) is 10.5. The first-order valence-corrected chi connectivity index (χ1v) is 9.09. The van der Waals surface area contributed by atoms with Crippen LogP contribution in [0, 0.1) is 5.92 Å². The van der Waals surface area contributed by atoms with Gasteiger partial charge in [0.15, 0.2) is 0 Å².